The fourth-order valence-electron chi connectivity index (χ4n) is 1.41. The Morgan fingerprint density at radius 2 is 2.47 bits per heavy atom. The van der Waals surface area contributed by atoms with E-state index in [0.717, 1.165) is 0 Å². The number of amides is 1. The number of carbonyl (C=O) groups is 1. The van der Waals surface area contributed by atoms with E-state index in [2.05, 4.69) is 16.9 Å². The van der Waals surface area contributed by atoms with Gasteiger partial charge in [0.25, 0.3) is 5.56 Å². The zero-order valence-corrected chi connectivity index (χ0v) is 9.87. The number of aromatic nitrogens is 2. The first-order chi connectivity index (χ1) is 8.22. The first-order valence-electron chi connectivity index (χ1n) is 5.05. The molecule has 0 aromatic carbocycles. The van der Waals surface area contributed by atoms with Gasteiger partial charge in [-0.1, -0.05) is 6.58 Å². The molecule has 2 aromatic rings. The van der Waals surface area contributed by atoms with E-state index in [1.54, 1.807) is 0 Å². The van der Waals surface area contributed by atoms with Crippen LogP contribution in [0.2, 0.25) is 0 Å². The molecule has 1 N–H and O–H groups in total. The van der Waals surface area contributed by atoms with E-state index in [1.165, 1.54) is 28.3 Å². The lowest BCUT2D eigenvalue weighted by atomic mass is 10.4. The minimum absolute atomic E-state index is 0.0714. The van der Waals surface area contributed by atoms with Crippen LogP contribution in [0.4, 0.5) is 0 Å². The van der Waals surface area contributed by atoms with Crippen molar-refractivity contribution in [1.82, 2.24) is 14.9 Å². The predicted octanol–water partition coefficient (Wildman–Crippen LogP) is 0.760. The van der Waals surface area contributed by atoms with Crippen molar-refractivity contribution in [2.45, 2.75) is 6.54 Å². The smallest absolute Gasteiger partial charge is 0.271 e. The molecule has 2 rings (SSSR count). The van der Waals surface area contributed by atoms with Crippen molar-refractivity contribution in [3.05, 3.63) is 40.8 Å². The van der Waals surface area contributed by atoms with Crippen molar-refractivity contribution in [1.29, 1.82) is 0 Å². The summed E-state index contributed by atoms with van der Waals surface area (Å²) in [5, 5.41) is 4.45. The van der Waals surface area contributed by atoms with Gasteiger partial charge in [-0.05, 0) is 17.5 Å². The zero-order valence-electron chi connectivity index (χ0n) is 9.05. The number of nitrogens with one attached hydrogen (secondary N) is 1. The lowest BCUT2D eigenvalue weighted by Gasteiger charge is -2.05. The number of nitrogens with zero attached hydrogens (tertiary/aromatic N) is 2. The van der Waals surface area contributed by atoms with Gasteiger partial charge in [0.2, 0.25) is 5.91 Å². The first kappa shape index (κ1) is 11.5. The molecule has 0 saturated carbocycles. The fraction of sp³-hybridized carbons (Fsp3) is 0.182. The molecule has 0 fully saturated rings. The summed E-state index contributed by atoms with van der Waals surface area (Å²) in [6.07, 6.45) is 2.70. The first-order valence-corrected chi connectivity index (χ1v) is 5.93. The third kappa shape index (κ3) is 2.42. The molecule has 1 amide bonds. The van der Waals surface area contributed by atoms with Crippen molar-refractivity contribution in [2.24, 2.45) is 0 Å². The Morgan fingerprint density at radius 3 is 3.24 bits per heavy atom. The maximum atomic E-state index is 11.9. The summed E-state index contributed by atoms with van der Waals surface area (Å²) in [6, 6.07) is 1.81. The van der Waals surface area contributed by atoms with Crippen LogP contribution in [0.5, 0.6) is 0 Å². The number of rotatable bonds is 4. The van der Waals surface area contributed by atoms with E-state index in [0.29, 0.717) is 23.3 Å². The summed E-state index contributed by atoms with van der Waals surface area (Å²) in [5.74, 6) is -0.247. The highest BCUT2D eigenvalue weighted by molar-refractivity contribution is 7.17. The van der Waals surface area contributed by atoms with Gasteiger partial charge in [-0.25, -0.2) is 4.98 Å². The van der Waals surface area contributed by atoms with Crippen LogP contribution < -0.4 is 10.9 Å². The third-order valence-electron chi connectivity index (χ3n) is 2.27. The molecule has 0 atom stereocenters. The topological polar surface area (TPSA) is 64.0 Å². The molecule has 0 saturated heterocycles. The van der Waals surface area contributed by atoms with Gasteiger partial charge < -0.3 is 5.32 Å². The van der Waals surface area contributed by atoms with Crippen molar-refractivity contribution in [2.75, 3.05) is 6.54 Å². The van der Waals surface area contributed by atoms with Crippen LogP contribution in [-0.2, 0) is 11.3 Å². The van der Waals surface area contributed by atoms with Gasteiger partial charge in [0, 0.05) is 13.1 Å². The summed E-state index contributed by atoms with van der Waals surface area (Å²) < 4.78 is 2.13. The molecule has 0 radical (unpaired) electrons. The van der Waals surface area contributed by atoms with E-state index < -0.39 is 0 Å². The van der Waals surface area contributed by atoms with Crippen LogP contribution in [0.15, 0.2) is 35.2 Å². The van der Waals surface area contributed by atoms with E-state index in [1.807, 2.05) is 11.4 Å². The molecule has 0 spiro atoms. The number of carbonyl (C=O) groups excluding carboxylic acids is 1. The molecular formula is C11H11N3O2S. The van der Waals surface area contributed by atoms with Crippen LogP contribution in [-0.4, -0.2) is 22.0 Å². The zero-order chi connectivity index (χ0) is 12.3. The minimum atomic E-state index is -0.247. The Bertz CT molecular complexity index is 614. The Hall–Kier alpha value is -1.95. The minimum Gasteiger partial charge on any atom is -0.351 e. The Labute approximate surface area is 101 Å². The van der Waals surface area contributed by atoms with E-state index >= 15 is 0 Å². The Kier molecular flexibility index (Phi) is 3.34. The van der Waals surface area contributed by atoms with E-state index in [-0.39, 0.29) is 11.5 Å². The summed E-state index contributed by atoms with van der Waals surface area (Å²) in [7, 11) is 0. The lowest BCUT2D eigenvalue weighted by Crippen LogP contribution is -2.29. The quantitative estimate of drug-likeness (QED) is 0.814. The molecule has 0 bridgehead atoms. The molecule has 2 aromatic heterocycles. The highest BCUT2D eigenvalue weighted by Gasteiger charge is 2.04. The monoisotopic (exact) mass is 249 g/mol. The molecule has 88 valence electrons. The lowest BCUT2D eigenvalue weighted by molar-refractivity contribution is -0.116. The van der Waals surface area contributed by atoms with Crippen LogP contribution in [0.25, 0.3) is 10.2 Å². The molecule has 0 aliphatic carbocycles. The van der Waals surface area contributed by atoms with Gasteiger partial charge in [-0.2, -0.15) is 0 Å². The van der Waals surface area contributed by atoms with Crippen LogP contribution in [0.1, 0.15) is 0 Å². The molecular weight excluding hydrogens is 238 g/mol. The van der Waals surface area contributed by atoms with Crippen LogP contribution in [0.3, 0.4) is 0 Å². The van der Waals surface area contributed by atoms with Crippen LogP contribution >= 0.6 is 11.3 Å². The maximum Gasteiger partial charge on any atom is 0.271 e. The van der Waals surface area contributed by atoms with E-state index in [9.17, 15) is 9.59 Å². The highest BCUT2D eigenvalue weighted by Crippen LogP contribution is 2.12. The predicted molar refractivity (Wildman–Crippen MR) is 67.1 cm³/mol. The molecule has 6 heteroatoms. The Balaban J connectivity index is 2.13. The molecule has 0 unspecified atom stereocenters. The average molecular weight is 249 g/mol. The second-order valence-electron chi connectivity index (χ2n) is 3.37. The second-order valence-corrected chi connectivity index (χ2v) is 4.29. The average Bonchev–Trinajstić information content (AvgIpc) is 2.81. The van der Waals surface area contributed by atoms with Gasteiger partial charge in [0.05, 0.1) is 11.8 Å². The SMILES string of the molecule is C=CC(=O)NCCn1cnc2ccsc2c1=O. The third-order valence-corrected chi connectivity index (χ3v) is 3.16. The van der Waals surface area contributed by atoms with Crippen molar-refractivity contribution in [3.8, 4) is 0 Å². The normalized spacial score (nSPS) is 10.4. The van der Waals surface area contributed by atoms with Gasteiger partial charge in [0.15, 0.2) is 0 Å². The van der Waals surface area contributed by atoms with Gasteiger partial charge in [-0.3, -0.25) is 14.2 Å². The molecule has 17 heavy (non-hydrogen) atoms. The van der Waals surface area contributed by atoms with E-state index in [4.69, 9.17) is 0 Å². The van der Waals surface area contributed by atoms with Gasteiger partial charge in [0.1, 0.15) is 4.70 Å². The standard InChI is InChI=1S/C11H11N3O2S/c1-2-9(15)12-4-5-14-7-13-8-3-6-17-10(8)11(14)16/h2-3,6-7H,1,4-5H2,(H,12,15). The van der Waals surface area contributed by atoms with Crippen molar-refractivity contribution >= 4 is 27.5 Å². The van der Waals surface area contributed by atoms with Gasteiger partial charge >= 0.3 is 0 Å². The molecule has 2 heterocycles. The number of fused-ring (bicyclic) bond motifs is 1. The number of hydrogen-bond donors (Lipinski definition) is 1. The highest BCUT2D eigenvalue weighted by atomic mass is 32.1. The van der Waals surface area contributed by atoms with Crippen molar-refractivity contribution in [3.63, 3.8) is 0 Å². The summed E-state index contributed by atoms with van der Waals surface area (Å²) in [6.45, 7) is 4.13. The van der Waals surface area contributed by atoms with Gasteiger partial charge in [-0.15, -0.1) is 11.3 Å². The number of hydrogen-bond acceptors (Lipinski definition) is 4. The Morgan fingerprint density at radius 1 is 1.65 bits per heavy atom. The maximum absolute atomic E-state index is 11.9. The second kappa shape index (κ2) is 4.92. The summed E-state index contributed by atoms with van der Waals surface area (Å²) in [5.41, 5.74) is 0.643. The number of thiophene rings is 1. The molecule has 5 nitrogen and oxygen atoms in total. The summed E-state index contributed by atoms with van der Waals surface area (Å²) in [4.78, 5) is 27.0. The molecule has 0 aliphatic heterocycles. The summed E-state index contributed by atoms with van der Waals surface area (Å²) >= 11 is 1.37. The molecule has 0 aliphatic rings. The largest absolute Gasteiger partial charge is 0.351 e. The van der Waals surface area contributed by atoms with Crippen LogP contribution in [0, 0.1) is 0 Å². The van der Waals surface area contributed by atoms with Crippen molar-refractivity contribution < 1.29 is 4.79 Å². The fourth-order valence-corrected chi connectivity index (χ4v) is 2.20.